The Bertz CT molecular complexity index is 1320. The lowest BCUT2D eigenvalue weighted by Gasteiger charge is -2.11. The van der Waals surface area contributed by atoms with E-state index >= 15 is 0 Å². The maximum absolute atomic E-state index is 12.9. The van der Waals surface area contributed by atoms with Crippen LogP contribution in [0.25, 0.3) is 22.2 Å². The number of Topliss-reactive ketones (excluding diaryl/α,β-unsaturated/α-hetero) is 1. The van der Waals surface area contributed by atoms with Gasteiger partial charge in [-0.15, -0.1) is 0 Å². The highest BCUT2D eigenvalue weighted by Gasteiger charge is 2.16. The van der Waals surface area contributed by atoms with Crippen LogP contribution < -0.4 is 5.32 Å². The molecular weight excluding hydrogens is 404 g/mol. The summed E-state index contributed by atoms with van der Waals surface area (Å²) in [7, 11) is 0. The number of rotatable bonds is 6. The van der Waals surface area contributed by atoms with Crippen LogP contribution in [0.5, 0.6) is 0 Å². The number of benzene rings is 3. The van der Waals surface area contributed by atoms with Gasteiger partial charge in [-0.25, -0.2) is 9.78 Å². The van der Waals surface area contributed by atoms with E-state index < -0.39 is 18.5 Å². The van der Waals surface area contributed by atoms with Crippen LogP contribution in [-0.2, 0) is 9.53 Å². The van der Waals surface area contributed by atoms with Gasteiger partial charge < -0.3 is 10.1 Å². The minimum Gasteiger partial charge on any atom is -0.452 e. The van der Waals surface area contributed by atoms with Crippen LogP contribution >= 0.6 is 0 Å². The van der Waals surface area contributed by atoms with Crippen molar-refractivity contribution in [3.8, 4) is 11.3 Å². The van der Waals surface area contributed by atoms with Crippen LogP contribution in [0.15, 0.2) is 84.9 Å². The van der Waals surface area contributed by atoms with E-state index in [1.165, 1.54) is 6.92 Å². The Morgan fingerprint density at radius 2 is 1.62 bits per heavy atom. The summed E-state index contributed by atoms with van der Waals surface area (Å²) in [6.45, 7) is 0.992. The van der Waals surface area contributed by atoms with Crippen molar-refractivity contribution in [2.75, 3.05) is 11.9 Å². The van der Waals surface area contributed by atoms with Crippen molar-refractivity contribution < 1.29 is 19.1 Å². The number of anilines is 1. The summed E-state index contributed by atoms with van der Waals surface area (Å²) in [5.41, 5.74) is 3.44. The molecule has 0 radical (unpaired) electrons. The molecule has 3 aromatic carbocycles. The van der Waals surface area contributed by atoms with Gasteiger partial charge in [0.05, 0.1) is 16.8 Å². The summed E-state index contributed by atoms with van der Waals surface area (Å²) in [5, 5.41) is 3.28. The molecule has 0 aliphatic heterocycles. The van der Waals surface area contributed by atoms with E-state index in [9.17, 15) is 14.4 Å². The number of carbonyl (C=O) groups is 3. The second-order valence-electron chi connectivity index (χ2n) is 7.20. The molecule has 6 heteroatoms. The lowest BCUT2D eigenvalue weighted by Crippen LogP contribution is -2.21. The molecule has 0 saturated heterocycles. The molecule has 1 N–H and O–H groups in total. The van der Waals surface area contributed by atoms with Gasteiger partial charge in [-0.05, 0) is 31.2 Å². The van der Waals surface area contributed by atoms with Gasteiger partial charge in [0, 0.05) is 22.2 Å². The highest BCUT2D eigenvalue weighted by molar-refractivity contribution is 6.05. The number of carbonyl (C=O) groups excluding carboxylic acids is 3. The van der Waals surface area contributed by atoms with Gasteiger partial charge in [0.15, 0.2) is 12.4 Å². The molecule has 0 spiro atoms. The molecule has 0 saturated carbocycles. The Morgan fingerprint density at radius 3 is 2.41 bits per heavy atom. The third-order valence-corrected chi connectivity index (χ3v) is 4.89. The maximum Gasteiger partial charge on any atom is 0.339 e. The number of ether oxygens (including phenoxy) is 1. The quantitative estimate of drug-likeness (QED) is 0.351. The Kier molecular flexibility index (Phi) is 6.03. The zero-order valence-electron chi connectivity index (χ0n) is 17.4. The van der Waals surface area contributed by atoms with E-state index in [1.54, 1.807) is 36.4 Å². The lowest BCUT2D eigenvalue weighted by molar-refractivity contribution is -0.119. The molecule has 1 aromatic heterocycles. The second-order valence-corrected chi connectivity index (χ2v) is 7.20. The van der Waals surface area contributed by atoms with Crippen molar-refractivity contribution in [1.82, 2.24) is 4.98 Å². The highest BCUT2D eigenvalue weighted by atomic mass is 16.5. The van der Waals surface area contributed by atoms with Crippen molar-refractivity contribution in [2.24, 2.45) is 0 Å². The average Bonchev–Trinajstić information content (AvgIpc) is 2.82. The van der Waals surface area contributed by atoms with Gasteiger partial charge in [-0.1, -0.05) is 60.7 Å². The number of hydrogen-bond acceptors (Lipinski definition) is 5. The topological polar surface area (TPSA) is 85.4 Å². The normalized spacial score (nSPS) is 10.5. The summed E-state index contributed by atoms with van der Waals surface area (Å²) in [6.07, 6.45) is 0. The number of nitrogens with one attached hydrogen (secondary N) is 1. The third-order valence-electron chi connectivity index (χ3n) is 4.89. The minimum atomic E-state index is -0.617. The predicted molar refractivity (Wildman–Crippen MR) is 123 cm³/mol. The van der Waals surface area contributed by atoms with Crippen LogP contribution in [-0.4, -0.2) is 29.3 Å². The molecule has 0 aliphatic rings. The highest BCUT2D eigenvalue weighted by Crippen LogP contribution is 2.25. The van der Waals surface area contributed by atoms with Gasteiger partial charge in [0.2, 0.25) is 0 Å². The second kappa shape index (κ2) is 9.22. The molecule has 158 valence electrons. The van der Waals surface area contributed by atoms with Crippen molar-refractivity contribution in [3.05, 3.63) is 96.1 Å². The fraction of sp³-hybridized carbons (Fsp3) is 0.0769. The first kappa shape index (κ1) is 20.9. The van der Waals surface area contributed by atoms with E-state index in [-0.39, 0.29) is 5.78 Å². The van der Waals surface area contributed by atoms with E-state index in [0.29, 0.717) is 33.4 Å². The summed E-state index contributed by atoms with van der Waals surface area (Å²) >= 11 is 0. The van der Waals surface area contributed by atoms with Gasteiger partial charge in [0.25, 0.3) is 5.91 Å². The standard InChI is InChI=1S/C26H20N2O4/c1-17(29)19-10-7-11-20(14-19)27-25(30)16-32-26(31)22-15-24(18-8-3-2-4-9-18)28-23-13-6-5-12-21(22)23/h2-15H,16H2,1H3,(H,27,30). The van der Waals surface area contributed by atoms with Crippen molar-refractivity contribution in [2.45, 2.75) is 6.92 Å². The fourth-order valence-corrected chi connectivity index (χ4v) is 3.32. The third kappa shape index (κ3) is 4.70. The summed E-state index contributed by atoms with van der Waals surface area (Å²) in [4.78, 5) is 41.3. The van der Waals surface area contributed by atoms with E-state index in [2.05, 4.69) is 10.3 Å². The Hall–Kier alpha value is -4.32. The van der Waals surface area contributed by atoms with Crippen molar-refractivity contribution in [3.63, 3.8) is 0 Å². The Morgan fingerprint density at radius 1 is 0.875 bits per heavy atom. The molecule has 4 rings (SSSR count). The van der Waals surface area contributed by atoms with Gasteiger partial charge in [-0.3, -0.25) is 9.59 Å². The fourth-order valence-electron chi connectivity index (χ4n) is 3.32. The number of aromatic nitrogens is 1. The molecule has 32 heavy (non-hydrogen) atoms. The molecule has 1 amide bonds. The van der Waals surface area contributed by atoms with E-state index in [1.807, 2.05) is 48.5 Å². The zero-order chi connectivity index (χ0) is 22.5. The number of fused-ring (bicyclic) bond motifs is 1. The predicted octanol–water partition coefficient (Wildman–Crippen LogP) is 4.90. The molecule has 0 aliphatic carbocycles. The number of nitrogens with zero attached hydrogens (tertiary/aromatic N) is 1. The number of para-hydroxylation sites is 1. The lowest BCUT2D eigenvalue weighted by atomic mass is 10.0. The monoisotopic (exact) mass is 424 g/mol. The van der Waals surface area contributed by atoms with Crippen LogP contribution in [0.4, 0.5) is 5.69 Å². The first-order chi connectivity index (χ1) is 15.5. The molecule has 0 atom stereocenters. The SMILES string of the molecule is CC(=O)c1cccc(NC(=O)COC(=O)c2cc(-c3ccccc3)nc3ccccc23)c1. The smallest absolute Gasteiger partial charge is 0.339 e. The van der Waals surface area contributed by atoms with Gasteiger partial charge >= 0.3 is 5.97 Å². The van der Waals surface area contributed by atoms with Crippen LogP contribution in [0.3, 0.4) is 0 Å². The molecule has 4 aromatic rings. The van der Waals surface area contributed by atoms with Crippen molar-refractivity contribution >= 4 is 34.3 Å². The number of amides is 1. The summed E-state index contributed by atoms with van der Waals surface area (Å²) < 4.78 is 5.29. The summed E-state index contributed by atoms with van der Waals surface area (Å²) in [5.74, 6) is -1.22. The van der Waals surface area contributed by atoms with Crippen LogP contribution in [0.2, 0.25) is 0 Å². The van der Waals surface area contributed by atoms with Crippen LogP contribution in [0.1, 0.15) is 27.6 Å². The molecule has 0 fully saturated rings. The molecule has 0 unspecified atom stereocenters. The molecular formula is C26H20N2O4. The Balaban J connectivity index is 1.53. The molecule has 0 bridgehead atoms. The largest absolute Gasteiger partial charge is 0.452 e. The van der Waals surface area contributed by atoms with Gasteiger partial charge in [0.1, 0.15) is 0 Å². The van der Waals surface area contributed by atoms with Crippen molar-refractivity contribution in [1.29, 1.82) is 0 Å². The zero-order valence-corrected chi connectivity index (χ0v) is 17.4. The van der Waals surface area contributed by atoms with E-state index in [4.69, 9.17) is 4.74 Å². The molecule has 1 heterocycles. The Labute approximate surface area is 184 Å². The van der Waals surface area contributed by atoms with Gasteiger partial charge in [-0.2, -0.15) is 0 Å². The number of ketones is 1. The van der Waals surface area contributed by atoms with E-state index in [0.717, 1.165) is 5.56 Å². The first-order valence-corrected chi connectivity index (χ1v) is 10.0. The number of hydrogen-bond donors (Lipinski definition) is 1. The number of esters is 1. The first-order valence-electron chi connectivity index (χ1n) is 10.0. The maximum atomic E-state index is 12.9. The van der Waals surface area contributed by atoms with Crippen LogP contribution in [0, 0.1) is 0 Å². The number of pyridine rings is 1. The minimum absolute atomic E-state index is 0.105. The average molecular weight is 424 g/mol. The summed E-state index contributed by atoms with van der Waals surface area (Å²) in [6, 6.07) is 25.1. The molecule has 6 nitrogen and oxygen atoms in total.